The van der Waals surface area contributed by atoms with Crippen molar-refractivity contribution in [1.29, 1.82) is 0 Å². The fourth-order valence-electron chi connectivity index (χ4n) is 1.23. The number of carbonyl (C=O) groups excluding carboxylic acids is 1. The molecule has 0 unspecified atom stereocenters. The predicted octanol–water partition coefficient (Wildman–Crippen LogP) is -1.07. The largest absolute Gasteiger partial charge is 0.390 e. The van der Waals surface area contributed by atoms with Crippen molar-refractivity contribution >= 4 is 13.6 Å². The van der Waals surface area contributed by atoms with E-state index in [0.717, 1.165) is 6.19 Å². The van der Waals surface area contributed by atoms with E-state index in [1.54, 1.807) is 4.81 Å². The van der Waals surface area contributed by atoms with Gasteiger partial charge in [-0.3, -0.25) is 0 Å². The van der Waals surface area contributed by atoms with Gasteiger partial charge in [-0.25, -0.2) is 4.39 Å². The van der Waals surface area contributed by atoms with Crippen LogP contribution in [0.15, 0.2) is 0 Å². The molecule has 0 saturated carbocycles. The standard InChI is InChI=1S/C6H11BFNO2/c8-5-3-9(7-4-10)2-1-6(5)11/h4-7,11H,1-3H2/t5-,6-/m1/s1. The molecule has 1 N–H and O–H groups in total. The molecule has 1 rings (SSSR count). The first kappa shape index (κ1) is 8.68. The van der Waals surface area contributed by atoms with Gasteiger partial charge >= 0.3 is 0 Å². The Morgan fingerprint density at radius 2 is 2.45 bits per heavy atom. The second-order valence-corrected chi connectivity index (χ2v) is 2.80. The number of aliphatic hydroxyl groups is 1. The van der Waals surface area contributed by atoms with E-state index in [0.29, 0.717) is 13.0 Å². The fourth-order valence-corrected chi connectivity index (χ4v) is 1.23. The molecule has 1 aliphatic rings. The molecule has 11 heavy (non-hydrogen) atoms. The first-order chi connectivity index (χ1) is 5.24. The van der Waals surface area contributed by atoms with Crippen LogP contribution in [0.5, 0.6) is 0 Å². The summed E-state index contributed by atoms with van der Waals surface area (Å²) >= 11 is 0. The molecule has 0 aromatic rings. The summed E-state index contributed by atoms with van der Waals surface area (Å²) in [6, 6.07) is 0. The molecule has 1 aliphatic heterocycles. The van der Waals surface area contributed by atoms with E-state index in [2.05, 4.69) is 0 Å². The molecular weight excluding hydrogens is 148 g/mol. The monoisotopic (exact) mass is 159 g/mol. The lowest BCUT2D eigenvalue weighted by molar-refractivity contribution is 0.0301. The third-order valence-corrected chi connectivity index (χ3v) is 1.92. The molecule has 0 spiro atoms. The van der Waals surface area contributed by atoms with Crippen LogP contribution in [0.2, 0.25) is 0 Å². The van der Waals surface area contributed by atoms with Crippen LogP contribution < -0.4 is 0 Å². The molecule has 1 fully saturated rings. The molecule has 1 saturated heterocycles. The lowest BCUT2D eigenvalue weighted by atomic mass is 9.90. The molecule has 3 nitrogen and oxygen atoms in total. The smallest absolute Gasteiger partial charge is 0.281 e. The Bertz CT molecular complexity index is 147. The topological polar surface area (TPSA) is 40.5 Å². The van der Waals surface area contributed by atoms with Crippen LogP contribution in [0.1, 0.15) is 6.42 Å². The number of carbonyl (C=O) groups is 1. The SMILES string of the molecule is O=CBN1CC[C@@H](O)[C@H](F)C1. The highest BCUT2D eigenvalue weighted by Crippen LogP contribution is 2.12. The van der Waals surface area contributed by atoms with Gasteiger partial charge < -0.3 is 14.7 Å². The third-order valence-electron chi connectivity index (χ3n) is 1.92. The summed E-state index contributed by atoms with van der Waals surface area (Å²) in [5.41, 5.74) is 0. The van der Waals surface area contributed by atoms with Crippen molar-refractivity contribution in [3.05, 3.63) is 0 Å². The van der Waals surface area contributed by atoms with Gasteiger partial charge in [0.1, 0.15) is 6.17 Å². The van der Waals surface area contributed by atoms with Crippen molar-refractivity contribution < 1.29 is 14.3 Å². The fraction of sp³-hybridized carbons (Fsp3) is 0.833. The molecule has 62 valence electrons. The van der Waals surface area contributed by atoms with E-state index in [4.69, 9.17) is 5.11 Å². The van der Waals surface area contributed by atoms with Crippen molar-refractivity contribution in [2.24, 2.45) is 0 Å². The molecule has 0 aliphatic carbocycles. The summed E-state index contributed by atoms with van der Waals surface area (Å²) < 4.78 is 12.7. The van der Waals surface area contributed by atoms with Crippen LogP contribution in [-0.4, -0.2) is 48.9 Å². The normalized spacial score (nSPS) is 33.3. The van der Waals surface area contributed by atoms with Crippen LogP contribution in [0.4, 0.5) is 4.39 Å². The molecular formula is C6H11BFNO2. The molecule has 2 atom stereocenters. The average molecular weight is 159 g/mol. The van der Waals surface area contributed by atoms with Gasteiger partial charge in [0.05, 0.1) is 12.3 Å². The first-order valence-electron chi connectivity index (χ1n) is 3.72. The minimum absolute atomic E-state index is 0.180. The van der Waals surface area contributed by atoms with Gasteiger partial charge in [0, 0.05) is 6.54 Å². The van der Waals surface area contributed by atoms with Crippen LogP contribution in [-0.2, 0) is 4.79 Å². The molecule has 0 aromatic carbocycles. The first-order valence-corrected chi connectivity index (χ1v) is 3.72. The Balaban J connectivity index is 2.33. The van der Waals surface area contributed by atoms with Gasteiger partial charge in [0.2, 0.25) is 0 Å². The number of aliphatic hydroxyl groups excluding tert-OH is 1. The highest BCUT2D eigenvalue weighted by molar-refractivity contribution is 6.64. The third kappa shape index (κ3) is 2.27. The minimum atomic E-state index is -1.19. The van der Waals surface area contributed by atoms with Gasteiger partial charge in [-0.1, -0.05) is 0 Å². The zero-order valence-corrected chi connectivity index (χ0v) is 6.24. The van der Waals surface area contributed by atoms with Crippen molar-refractivity contribution in [1.82, 2.24) is 4.81 Å². The number of hydrogen-bond acceptors (Lipinski definition) is 3. The van der Waals surface area contributed by atoms with E-state index < -0.39 is 12.3 Å². The van der Waals surface area contributed by atoms with E-state index in [9.17, 15) is 9.18 Å². The quantitative estimate of drug-likeness (QED) is 0.412. The summed E-state index contributed by atoms with van der Waals surface area (Å²) in [7, 11) is 0.271. The number of rotatable bonds is 2. The van der Waals surface area contributed by atoms with E-state index >= 15 is 0 Å². The van der Waals surface area contributed by atoms with E-state index in [1.165, 1.54) is 0 Å². The zero-order chi connectivity index (χ0) is 8.27. The number of hydrogen-bond donors (Lipinski definition) is 1. The van der Waals surface area contributed by atoms with Crippen molar-refractivity contribution in [2.75, 3.05) is 13.1 Å². The lowest BCUT2D eigenvalue weighted by Gasteiger charge is -2.30. The Morgan fingerprint density at radius 3 is 3.00 bits per heavy atom. The van der Waals surface area contributed by atoms with Gasteiger partial charge in [-0.15, -0.1) is 0 Å². The number of nitrogens with zero attached hydrogens (tertiary/aromatic N) is 1. The Morgan fingerprint density at radius 1 is 1.73 bits per heavy atom. The summed E-state index contributed by atoms with van der Waals surface area (Å²) in [6.07, 6.45) is -0.846. The molecule has 1 heterocycles. The van der Waals surface area contributed by atoms with Crippen LogP contribution in [0, 0.1) is 0 Å². The maximum absolute atomic E-state index is 12.7. The van der Waals surface area contributed by atoms with Crippen LogP contribution in [0.3, 0.4) is 0 Å². The lowest BCUT2D eigenvalue weighted by Crippen LogP contribution is -2.46. The zero-order valence-electron chi connectivity index (χ0n) is 6.24. The van der Waals surface area contributed by atoms with Crippen molar-refractivity contribution in [3.8, 4) is 0 Å². The molecule has 0 amide bonds. The highest BCUT2D eigenvalue weighted by Gasteiger charge is 2.26. The Hall–Kier alpha value is -0.415. The second kappa shape index (κ2) is 3.83. The van der Waals surface area contributed by atoms with E-state index in [-0.39, 0.29) is 14.0 Å². The second-order valence-electron chi connectivity index (χ2n) is 2.80. The van der Waals surface area contributed by atoms with Crippen molar-refractivity contribution in [3.63, 3.8) is 0 Å². The molecule has 0 aromatic heterocycles. The van der Waals surface area contributed by atoms with Crippen LogP contribution >= 0.6 is 0 Å². The minimum Gasteiger partial charge on any atom is -0.390 e. The van der Waals surface area contributed by atoms with Gasteiger partial charge in [-0.2, -0.15) is 0 Å². The van der Waals surface area contributed by atoms with Gasteiger partial charge in [-0.05, 0) is 13.0 Å². The molecule has 0 bridgehead atoms. The highest BCUT2D eigenvalue weighted by atomic mass is 19.1. The Labute approximate surface area is 65.4 Å². The van der Waals surface area contributed by atoms with Crippen molar-refractivity contribution in [2.45, 2.75) is 18.7 Å². The summed E-state index contributed by atoms with van der Waals surface area (Å²) in [5, 5.41) is 8.97. The summed E-state index contributed by atoms with van der Waals surface area (Å²) in [5.74, 6) is 0. The Kier molecular flexibility index (Phi) is 3.02. The van der Waals surface area contributed by atoms with E-state index in [1.807, 2.05) is 0 Å². The molecule has 0 radical (unpaired) electrons. The predicted molar refractivity (Wildman–Crippen MR) is 41.0 cm³/mol. The maximum atomic E-state index is 12.7. The molecule has 5 heteroatoms. The van der Waals surface area contributed by atoms with Gasteiger partial charge in [0.15, 0.2) is 0 Å². The average Bonchev–Trinajstić information content (AvgIpc) is 1.98. The number of halogens is 1. The maximum Gasteiger partial charge on any atom is 0.281 e. The summed E-state index contributed by atoms with van der Waals surface area (Å²) in [4.78, 5) is 11.7. The summed E-state index contributed by atoms with van der Waals surface area (Å²) in [6.45, 7) is 0.792. The van der Waals surface area contributed by atoms with Gasteiger partial charge in [0.25, 0.3) is 7.41 Å². The van der Waals surface area contributed by atoms with Crippen LogP contribution in [0.25, 0.3) is 0 Å². The number of piperidine rings is 1. The number of alkyl halides is 1.